The van der Waals surface area contributed by atoms with Gasteiger partial charge in [0.25, 0.3) is 0 Å². The first-order valence-electron chi connectivity index (χ1n) is 6.27. The van der Waals surface area contributed by atoms with E-state index in [1.165, 1.54) is 6.07 Å². The van der Waals surface area contributed by atoms with Crippen LogP contribution in [0, 0.1) is 19.7 Å². The van der Waals surface area contributed by atoms with Gasteiger partial charge in [0, 0.05) is 11.6 Å². The molecule has 0 heterocycles. The summed E-state index contributed by atoms with van der Waals surface area (Å²) in [6, 6.07) is 10.3. The number of aryl methyl sites for hydroxylation is 2. The molecule has 2 aromatic carbocycles. The molecule has 0 saturated carbocycles. The molecule has 0 bridgehead atoms. The number of hydrogen-bond donors (Lipinski definition) is 1. The highest BCUT2D eigenvalue weighted by Gasteiger charge is 2.14. The van der Waals surface area contributed by atoms with Gasteiger partial charge in [0.15, 0.2) is 11.6 Å². The van der Waals surface area contributed by atoms with Gasteiger partial charge in [0.1, 0.15) is 5.75 Å². The Morgan fingerprint density at radius 1 is 1.11 bits per heavy atom. The lowest BCUT2D eigenvalue weighted by Gasteiger charge is -2.15. The fraction of sp³-hybridized carbons (Fsp3) is 0.250. The van der Waals surface area contributed by atoms with Gasteiger partial charge in [0.05, 0.1) is 0 Å². The topological polar surface area (TPSA) is 35.2 Å². The second kappa shape index (κ2) is 5.41. The average molecular weight is 259 g/mol. The quantitative estimate of drug-likeness (QED) is 0.894. The Bertz CT molecular complexity index is 573. The molecular weight excluding hydrogens is 241 g/mol. The predicted molar refractivity (Wildman–Crippen MR) is 75.0 cm³/mol. The zero-order chi connectivity index (χ0) is 14.0. The van der Waals surface area contributed by atoms with Crippen LogP contribution >= 0.6 is 0 Å². The Hall–Kier alpha value is -1.87. The molecule has 0 saturated heterocycles. The lowest BCUT2D eigenvalue weighted by atomic mass is 10.1. The van der Waals surface area contributed by atoms with Crippen molar-refractivity contribution in [1.29, 1.82) is 0 Å². The molecule has 2 N–H and O–H groups in total. The minimum atomic E-state index is -0.394. The standard InChI is InChI=1S/C16H18FNO/c1-10-7-11(2)9-13(8-10)19-16-14(12(3)18)5-4-6-15(16)17/h4-9,12H,18H2,1-3H3/t12-/m1/s1. The van der Waals surface area contributed by atoms with Crippen LogP contribution in [0.15, 0.2) is 36.4 Å². The lowest BCUT2D eigenvalue weighted by Crippen LogP contribution is -2.07. The first kappa shape index (κ1) is 13.6. The third-order valence-corrected chi connectivity index (χ3v) is 2.90. The van der Waals surface area contributed by atoms with Crippen LogP contribution in [-0.2, 0) is 0 Å². The van der Waals surface area contributed by atoms with Crippen molar-refractivity contribution >= 4 is 0 Å². The number of para-hydroxylation sites is 1. The smallest absolute Gasteiger partial charge is 0.167 e. The van der Waals surface area contributed by atoms with Crippen molar-refractivity contribution in [2.24, 2.45) is 5.73 Å². The first-order valence-corrected chi connectivity index (χ1v) is 6.27. The summed E-state index contributed by atoms with van der Waals surface area (Å²) >= 11 is 0. The maximum atomic E-state index is 13.9. The van der Waals surface area contributed by atoms with Gasteiger partial charge in [-0.3, -0.25) is 0 Å². The van der Waals surface area contributed by atoms with Gasteiger partial charge in [-0.1, -0.05) is 18.2 Å². The molecule has 0 aliphatic carbocycles. The molecule has 19 heavy (non-hydrogen) atoms. The molecular formula is C16H18FNO. The fourth-order valence-electron chi connectivity index (χ4n) is 2.10. The monoisotopic (exact) mass is 259 g/mol. The highest BCUT2D eigenvalue weighted by Crippen LogP contribution is 2.32. The molecule has 2 aromatic rings. The highest BCUT2D eigenvalue weighted by atomic mass is 19.1. The zero-order valence-corrected chi connectivity index (χ0v) is 11.4. The summed E-state index contributed by atoms with van der Waals surface area (Å²) in [5.41, 5.74) is 8.67. The molecule has 0 aliphatic rings. The summed E-state index contributed by atoms with van der Waals surface area (Å²) in [7, 11) is 0. The van der Waals surface area contributed by atoms with Crippen LogP contribution in [0.2, 0.25) is 0 Å². The van der Waals surface area contributed by atoms with Crippen LogP contribution < -0.4 is 10.5 Å². The largest absolute Gasteiger partial charge is 0.454 e. The maximum Gasteiger partial charge on any atom is 0.167 e. The van der Waals surface area contributed by atoms with Crippen LogP contribution in [-0.4, -0.2) is 0 Å². The molecule has 0 fully saturated rings. The molecule has 0 aliphatic heterocycles. The molecule has 1 atom stereocenters. The summed E-state index contributed by atoms with van der Waals surface area (Å²) < 4.78 is 19.6. The molecule has 0 aromatic heterocycles. The highest BCUT2D eigenvalue weighted by molar-refractivity contribution is 5.42. The van der Waals surface area contributed by atoms with Crippen LogP contribution in [0.3, 0.4) is 0 Å². The molecule has 0 unspecified atom stereocenters. The number of halogens is 1. The lowest BCUT2D eigenvalue weighted by molar-refractivity contribution is 0.432. The van der Waals surface area contributed by atoms with Crippen LogP contribution in [0.1, 0.15) is 29.7 Å². The summed E-state index contributed by atoms with van der Waals surface area (Å²) in [6.07, 6.45) is 0. The second-order valence-corrected chi connectivity index (χ2v) is 4.87. The summed E-state index contributed by atoms with van der Waals surface area (Å²) in [5, 5.41) is 0. The van der Waals surface area contributed by atoms with Gasteiger partial charge in [0.2, 0.25) is 0 Å². The minimum Gasteiger partial charge on any atom is -0.454 e. The maximum absolute atomic E-state index is 13.9. The van der Waals surface area contributed by atoms with E-state index in [0.717, 1.165) is 11.1 Å². The predicted octanol–water partition coefficient (Wildman–Crippen LogP) is 4.25. The molecule has 100 valence electrons. The zero-order valence-electron chi connectivity index (χ0n) is 11.4. The first-order chi connectivity index (χ1) is 8.97. The van der Waals surface area contributed by atoms with Crippen LogP contribution in [0.5, 0.6) is 11.5 Å². The Morgan fingerprint density at radius 3 is 2.32 bits per heavy atom. The summed E-state index contributed by atoms with van der Waals surface area (Å²) in [5.74, 6) is 0.445. The third kappa shape index (κ3) is 3.12. The Morgan fingerprint density at radius 2 is 1.74 bits per heavy atom. The van der Waals surface area contributed by atoms with E-state index in [0.29, 0.717) is 11.3 Å². The van der Waals surface area contributed by atoms with Crippen molar-refractivity contribution in [2.75, 3.05) is 0 Å². The normalized spacial score (nSPS) is 12.3. The van der Waals surface area contributed by atoms with Crippen molar-refractivity contribution in [3.8, 4) is 11.5 Å². The van der Waals surface area contributed by atoms with Gasteiger partial charge in [-0.15, -0.1) is 0 Å². The van der Waals surface area contributed by atoms with Crippen molar-refractivity contribution in [3.63, 3.8) is 0 Å². The molecule has 2 rings (SSSR count). The Labute approximate surface area is 113 Å². The SMILES string of the molecule is Cc1cc(C)cc(Oc2c(F)cccc2[C@@H](C)N)c1. The Balaban J connectivity index is 2.42. The van der Waals surface area contributed by atoms with E-state index < -0.39 is 5.82 Å². The van der Waals surface area contributed by atoms with E-state index in [1.54, 1.807) is 12.1 Å². The third-order valence-electron chi connectivity index (χ3n) is 2.90. The van der Waals surface area contributed by atoms with Gasteiger partial charge in [-0.25, -0.2) is 4.39 Å². The van der Waals surface area contributed by atoms with E-state index in [2.05, 4.69) is 0 Å². The minimum absolute atomic E-state index is 0.211. The number of rotatable bonds is 3. The molecule has 2 nitrogen and oxygen atoms in total. The number of hydrogen-bond acceptors (Lipinski definition) is 2. The summed E-state index contributed by atoms with van der Waals surface area (Å²) in [4.78, 5) is 0. The number of benzene rings is 2. The molecule has 0 spiro atoms. The van der Waals surface area contributed by atoms with Crippen molar-refractivity contribution < 1.29 is 9.13 Å². The van der Waals surface area contributed by atoms with Gasteiger partial charge in [-0.05, 0) is 50.1 Å². The van der Waals surface area contributed by atoms with E-state index in [9.17, 15) is 4.39 Å². The van der Waals surface area contributed by atoms with Crippen LogP contribution in [0.25, 0.3) is 0 Å². The average Bonchev–Trinajstić information content (AvgIpc) is 2.30. The molecule has 0 amide bonds. The fourth-order valence-corrected chi connectivity index (χ4v) is 2.10. The van der Waals surface area contributed by atoms with Gasteiger partial charge >= 0.3 is 0 Å². The number of nitrogens with two attached hydrogens (primary N) is 1. The molecule has 0 radical (unpaired) electrons. The van der Waals surface area contributed by atoms with E-state index in [-0.39, 0.29) is 11.8 Å². The Kier molecular flexibility index (Phi) is 3.86. The van der Waals surface area contributed by atoms with Crippen molar-refractivity contribution in [1.82, 2.24) is 0 Å². The van der Waals surface area contributed by atoms with Crippen molar-refractivity contribution in [2.45, 2.75) is 26.8 Å². The van der Waals surface area contributed by atoms with Gasteiger partial charge in [-0.2, -0.15) is 0 Å². The van der Waals surface area contributed by atoms with E-state index >= 15 is 0 Å². The van der Waals surface area contributed by atoms with E-state index in [1.807, 2.05) is 39.0 Å². The van der Waals surface area contributed by atoms with E-state index in [4.69, 9.17) is 10.5 Å². The van der Waals surface area contributed by atoms with Gasteiger partial charge < -0.3 is 10.5 Å². The number of ether oxygens (including phenoxy) is 1. The van der Waals surface area contributed by atoms with Crippen molar-refractivity contribution in [3.05, 3.63) is 58.9 Å². The second-order valence-electron chi connectivity index (χ2n) is 4.87. The summed E-state index contributed by atoms with van der Waals surface area (Å²) in [6.45, 7) is 5.77. The van der Waals surface area contributed by atoms with Crippen LogP contribution in [0.4, 0.5) is 4.39 Å². The molecule has 3 heteroatoms.